The Balaban J connectivity index is 1.86. The molecule has 6 nitrogen and oxygen atoms in total. The molecule has 0 unspecified atom stereocenters. The Labute approximate surface area is 185 Å². The van der Waals surface area contributed by atoms with Crippen LogP contribution in [0.2, 0.25) is 0 Å². The number of benzene rings is 2. The number of carbonyl (C=O) groups excluding carboxylic acids is 2. The smallest absolute Gasteiger partial charge is 0.268 e. The molecule has 1 aliphatic carbocycles. The van der Waals surface area contributed by atoms with Crippen molar-refractivity contribution in [1.82, 2.24) is 3.97 Å². The molecule has 1 aliphatic rings. The molecule has 2 heterocycles. The van der Waals surface area contributed by atoms with Gasteiger partial charge in [-0.3, -0.25) is 9.59 Å². The predicted molar refractivity (Wildman–Crippen MR) is 119 cm³/mol. The summed E-state index contributed by atoms with van der Waals surface area (Å²) in [6.45, 7) is 0. The van der Waals surface area contributed by atoms with Crippen molar-refractivity contribution in [3.63, 3.8) is 0 Å². The first-order chi connectivity index (χ1) is 15.5. The summed E-state index contributed by atoms with van der Waals surface area (Å²) < 4.78 is 34.0. The lowest BCUT2D eigenvalue weighted by Gasteiger charge is -2.15. The number of para-hydroxylation sites is 1. The van der Waals surface area contributed by atoms with Crippen molar-refractivity contribution in [3.8, 4) is 0 Å². The van der Waals surface area contributed by atoms with Gasteiger partial charge in [0.1, 0.15) is 5.69 Å². The van der Waals surface area contributed by atoms with Crippen LogP contribution in [0.4, 0.5) is 0 Å². The number of nitrogens with zero attached hydrogens (tertiary/aromatic N) is 1. The van der Waals surface area contributed by atoms with Crippen LogP contribution < -0.4 is 0 Å². The van der Waals surface area contributed by atoms with Crippen LogP contribution in [0.5, 0.6) is 0 Å². The molecule has 1 fully saturated rings. The Morgan fingerprint density at radius 2 is 1.56 bits per heavy atom. The molecule has 32 heavy (non-hydrogen) atoms. The van der Waals surface area contributed by atoms with Gasteiger partial charge in [0.05, 0.1) is 22.2 Å². The highest BCUT2D eigenvalue weighted by Gasteiger charge is 2.37. The molecule has 5 rings (SSSR count). The quantitative estimate of drug-likeness (QED) is 0.385. The summed E-state index contributed by atoms with van der Waals surface area (Å²) in [7, 11) is -4.14. The Morgan fingerprint density at radius 1 is 0.875 bits per heavy atom. The number of carbonyl (C=O) groups is 2. The molecule has 0 bridgehead atoms. The summed E-state index contributed by atoms with van der Waals surface area (Å²) in [5, 5.41) is 0.412. The van der Waals surface area contributed by atoms with Gasteiger partial charge in [0.2, 0.25) is 5.78 Å². The molecule has 0 radical (unpaired) electrons. The maximum absolute atomic E-state index is 13.8. The van der Waals surface area contributed by atoms with E-state index in [1.54, 1.807) is 48.5 Å². The molecular weight excluding hydrogens is 426 g/mol. The van der Waals surface area contributed by atoms with Crippen molar-refractivity contribution in [2.24, 2.45) is 5.92 Å². The number of fused-ring (bicyclic) bond motifs is 1. The van der Waals surface area contributed by atoms with E-state index in [4.69, 9.17) is 4.42 Å². The van der Waals surface area contributed by atoms with Crippen LogP contribution in [0.25, 0.3) is 10.9 Å². The number of ketones is 2. The zero-order valence-electron chi connectivity index (χ0n) is 17.2. The second-order valence-electron chi connectivity index (χ2n) is 7.98. The first kappa shape index (κ1) is 20.5. The van der Waals surface area contributed by atoms with Gasteiger partial charge < -0.3 is 4.42 Å². The molecule has 0 aliphatic heterocycles. The topological polar surface area (TPSA) is 86.3 Å². The summed E-state index contributed by atoms with van der Waals surface area (Å²) in [4.78, 5) is 27.3. The van der Waals surface area contributed by atoms with E-state index in [1.165, 1.54) is 24.5 Å². The third kappa shape index (κ3) is 3.20. The van der Waals surface area contributed by atoms with Crippen molar-refractivity contribution >= 4 is 32.5 Å². The molecule has 2 aromatic heterocycles. The fourth-order valence-corrected chi connectivity index (χ4v) is 6.08. The third-order valence-corrected chi connectivity index (χ3v) is 7.77. The maximum Gasteiger partial charge on any atom is 0.268 e. The van der Waals surface area contributed by atoms with E-state index in [1.807, 2.05) is 0 Å². The lowest BCUT2D eigenvalue weighted by atomic mass is 9.95. The Hall–Kier alpha value is -3.45. The van der Waals surface area contributed by atoms with Crippen LogP contribution in [0.1, 0.15) is 52.3 Å². The predicted octanol–water partition coefficient (Wildman–Crippen LogP) is 5.08. The van der Waals surface area contributed by atoms with Gasteiger partial charge in [-0.15, -0.1) is 0 Å². The van der Waals surface area contributed by atoms with Gasteiger partial charge in [-0.1, -0.05) is 49.2 Å². The van der Waals surface area contributed by atoms with Gasteiger partial charge in [0, 0.05) is 11.3 Å². The van der Waals surface area contributed by atoms with Crippen LogP contribution in [-0.4, -0.2) is 24.0 Å². The van der Waals surface area contributed by atoms with E-state index in [9.17, 15) is 18.0 Å². The van der Waals surface area contributed by atoms with Gasteiger partial charge in [-0.25, -0.2) is 12.4 Å². The molecule has 0 atom stereocenters. The molecule has 4 aromatic rings. The van der Waals surface area contributed by atoms with E-state index >= 15 is 0 Å². The molecule has 0 spiro atoms. The molecule has 1 saturated carbocycles. The SMILES string of the molecule is O=C(c1ccco1)c1c(C(=O)C2CCCC2)n(S(=O)(=O)c2ccccc2)c2ccccc12. The van der Waals surface area contributed by atoms with E-state index < -0.39 is 15.8 Å². The van der Waals surface area contributed by atoms with Gasteiger partial charge in [0.25, 0.3) is 10.0 Å². The Bertz CT molecular complexity index is 1410. The monoisotopic (exact) mass is 447 g/mol. The van der Waals surface area contributed by atoms with E-state index in [0.29, 0.717) is 23.7 Å². The number of rotatable bonds is 6. The number of hydrogen-bond donors (Lipinski definition) is 0. The van der Waals surface area contributed by atoms with Gasteiger partial charge >= 0.3 is 0 Å². The summed E-state index contributed by atoms with van der Waals surface area (Å²) in [6.07, 6.45) is 4.55. The second kappa shape index (κ2) is 7.91. The molecule has 162 valence electrons. The van der Waals surface area contributed by atoms with Gasteiger partial charge in [0.15, 0.2) is 11.5 Å². The maximum atomic E-state index is 13.8. The highest BCUT2D eigenvalue weighted by molar-refractivity contribution is 7.90. The highest BCUT2D eigenvalue weighted by atomic mass is 32.2. The molecule has 2 aromatic carbocycles. The number of hydrogen-bond acceptors (Lipinski definition) is 5. The van der Waals surface area contributed by atoms with Crippen LogP contribution in [0.3, 0.4) is 0 Å². The number of aromatic nitrogens is 1. The summed E-state index contributed by atoms with van der Waals surface area (Å²) >= 11 is 0. The average molecular weight is 448 g/mol. The average Bonchev–Trinajstić information content (AvgIpc) is 3.58. The van der Waals surface area contributed by atoms with E-state index in [0.717, 1.165) is 16.8 Å². The fourth-order valence-electron chi connectivity index (χ4n) is 4.52. The van der Waals surface area contributed by atoms with Crippen molar-refractivity contribution in [3.05, 3.63) is 90.0 Å². The van der Waals surface area contributed by atoms with E-state index in [-0.39, 0.29) is 33.6 Å². The minimum atomic E-state index is -4.14. The molecule has 0 saturated heterocycles. The molecule has 7 heteroatoms. The largest absolute Gasteiger partial charge is 0.461 e. The minimum absolute atomic E-state index is 0.0539. The van der Waals surface area contributed by atoms with E-state index in [2.05, 4.69) is 0 Å². The molecular formula is C25H21NO5S. The molecule has 0 N–H and O–H groups in total. The van der Waals surface area contributed by atoms with Crippen molar-refractivity contribution in [2.45, 2.75) is 30.6 Å². The third-order valence-electron chi connectivity index (χ3n) is 6.04. The number of furan rings is 1. The van der Waals surface area contributed by atoms with Gasteiger partial charge in [-0.05, 0) is 43.2 Å². The standard InChI is InChI=1S/C25H21NO5S/c27-24(17-9-4-5-10-17)23-22(25(28)21-15-8-16-31-21)19-13-6-7-14-20(19)26(23)32(29,30)18-11-2-1-3-12-18/h1-3,6-8,11-17H,4-5,9-10H2. The van der Waals surface area contributed by atoms with Crippen LogP contribution in [0.15, 0.2) is 82.3 Å². The van der Waals surface area contributed by atoms with Crippen LogP contribution in [-0.2, 0) is 10.0 Å². The first-order valence-electron chi connectivity index (χ1n) is 10.6. The summed E-state index contributed by atoms with van der Waals surface area (Å²) in [5.41, 5.74) is 0.294. The van der Waals surface area contributed by atoms with Crippen molar-refractivity contribution in [1.29, 1.82) is 0 Å². The summed E-state index contributed by atoms with van der Waals surface area (Å²) in [5.74, 6) is -1.07. The molecule has 0 amide bonds. The Morgan fingerprint density at radius 3 is 2.25 bits per heavy atom. The fraction of sp³-hybridized carbons (Fsp3) is 0.200. The first-order valence-corrected chi connectivity index (χ1v) is 12.0. The Kier molecular flexibility index (Phi) is 5.06. The number of Topliss-reactive ketones (excluding diaryl/α,β-unsaturated/α-hetero) is 1. The van der Waals surface area contributed by atoms with Crippen molar-refractivity contribution in [2.75, 3.05) is 0 Å². The summed E-state index contributed by atoms with van der Waals surface area (Å²) in [6, 6.07) is 17.8. The van der Waals surface area contributed by atoms with Crippen molar-refractivity contribution < 1.29 is 22.4 Å². The zero-order chi connectivity index (χ0) is 22.3. The minimum Gasteiger partial charge on any atom is -0.461 e. The second-order valence-corrected chi connectivity index (χ2v) is 9.76. The normalized spacial score (nSPS) is 14.8. The van der Waals surface area contributed by atoms with Gasteiger partial charge in [-0.2, -0.15) is 0 Å². The zero-order valence-corrected chi connectivity index (χ0v) is 18.0. The lowest BCUT2D eigenvalue weighted by Crippen LogP contribution is -2.24. The highest BCUT2D eigenvalue weighted by Crippen LogP contribution is 2.36. The van der Waals surface area contributed by atoms with Crippen LogP contribution in [0, 0.1) is 5.92 Å². The lowest BCUT2D eigenvalue weighted by molar-refractivity contribution is 0.0906. The van der Waals surface area contributed by atoms with Crippen LogP contribution >= 0.6 is 0 Å².